The van der Waals surface area contributed by atoms with Crippen molar-refractivity contribution in [3.05, 3.63) is 85.1 Å². The van der Waals surface area contributed by atoms with Gasteiger partial charge in [0, 0.05) is 19.3 Å². The van der Waals surface area contributed by atoms with Crippen LogP contribution in [0.1, 0.15) is 367 Å². The number of hydrogen-bond donors (Lipinski definition) is 0. The van der Waals surface area contributed by atoms with E-state index in [-0.39, 0.29) is 31.1 Å². The summed E-state index contributed by atoms with van der Waals surface area (Å²) in [5.41, 5.74) is 0. The van der Waals surface area contributed by atoms with E-state index in [4.69, 9.17) is 14.2 Å². The van der Waals surface area contributed by atoms with E-state index in [1.165, 1.54) is 218 Å². The van der Waals surface area contributed by atoms with Gasteiger partial charge in [0.05, 0.1) is 0 Å². The number of rotatable bonds is 66. The molecule has 0 fully saturated rings. The van der Waals surface area contributed by atoms with Crippen LogP contribution in [-0.4, -0.2) is 37.2 Å². The van der Waals surface area contributed by atoms with Crippen molar-refractivity contribution in [2.45, 2.75) is 374 Å². The zero-order valence-corrected chi connectivity index (χ0v) is 55.2. The molecular formula is C77H136O6. The molecule has 83 heavy (non-hydrogen) atoms. The van der Waals surface area contributed by atoms with Crippen molar-refractivity contribution in [3.8, 4) is 0 Å². The van der Waals surface area contributed by atoms with Crippen molar-refractivity contribution in [2.75, 3.05) is 13.2 Å². The Morgan fingerprint density at radius 3 is 0.735 bits per heavy atom. The van der Waals surface area contributed by atoms with Crippen LogP contribution in [-0.2, 0) is 28.6 Å². The highest BCUT2D eigenvalue weighted by atomic mass is 16.6. The van der Waals surface area contributed by atoms with Crippen molar-refractivity contribution in [1.82, 2.24) is 0 Å². The second-order valence-corrected chi connectivity index (χ2v) is 24.1. The maximum absolute atomic E-state index is 13.0. The molecule has 0 saturated carbocycles. The number of hydrogen-bond acceptors (Lipinski definition) is 6. The highest BCUT2D eigenvalue weighted by Crippen LogP contribution is 2.18. The van der Waals surface area contributed by atoms with Gasteiger partial charge in [0.1, 0.15) is 13.2 Å². The van der Waals surface area contributed by atoms with Crippen LogP contribution in [0.15, 0.2) is 85.1 Å². The first kappa shape index (κ1) is 79.6. The maximum atomic E-state index is 13.0. The molecule has 0 aromatic rings. The molecule has 0 aromatic carbocycles. The Labute approximate surface area is 515 Å². The van der Waals surface area contributed by atoms with Crippen molar-refractivity contribution in [3.63, 3.8) is 0 Å². The van der Waals surface area contributed by atoms with Gasteiger partial charge in [0.15, 0.2) is 6.10 Å². The molecule has 480 valence electrons. The van der Waals surface area contributed by atoms with E-state index in [1.54, 1.807) is 0 Å². The molecule has 0 amide bonds. The van der Waals surface area contributed by atoms with Gasteiger partial charge < -0.3 is 14.2 Å². The van der Waals surface area contributed by atoms with E-state index < -0.39 is 6.10 Å². The lowest BCUT2D eigenvalue weighted by Gasteiger charge is -2.18. The predicted octanol–water partition coefficient (Wildman–Crippen LogP) is 25.0. The minimum Gasteiger partial charge on any atom is -0.462 e. The number of allylic oxidation sites excluding steroid dienone is 14. The van der Waals surface area contributed by atoms with Crippen LogP contribution in [0.4, 0.5) is 0 Å². The average molecular weight is 1160 g/mol. The topological polar surface area (TPSA) is 78.9 Å². The third-order valence-electron chi connectivity index (χ3n) is 15.9. The van der Waals surface area contributed by atoms with Gasteiger partial charge in [-0.25, -0.2) is 0 Å². The van der Waals surface area contributed by atoms with Gasteiger partial charge in [-0.05, 0) is 89.9 Å². The minimum atomic E-state index is -0.785. The molecule has 0 aromatic heterocycles. The fourth-order valence-electron chi connectivity index (χ4n) is 10.6. The first-order chi connectivity index (χ1) is 41.0. The molecule has 0 saturated heterocycles. The van der Waals surface area contributed by atoms with Crippen molar-refractivity contribution < 1.29 is 28.6 Å². The van der Waals surface area contributed by atoms with Gasteiger partial charge >= 0.3 is 17.9 Å². The molecule has 6 heteroatoms. The molecule has 6 nitrogen and oxygen atoms in total. The van der Waals surface area contributed by atoms with E-state index in [2.05, 4.69) is 106 Å². The van der Waals surface area contributed by atoms with E-state index in [1.807, 2.05) is 0 Å². The van der Waals surface area contributed by atoms with Gasteiger partial charge in [-0.2, -0.15) is 0 Å². The monoisotopic (exact) mass is 1160 g/mol. The Bertz CT molecular complexity index is 1570. The first-order valence-electron chi connectivity index (χ1n) is 36.1. The van der Waals surface area contributed by atoms with Crippen LogP contribution >= 0.6 is 0 Å². The van der Waals surface area contributed by atoms with Crippen LogP contribution in [0.3, 0.4) is 0 Å². The summed E-state index contributed by atoms with van der Waals surface area (Å²) in [5, 5.41) is 0. The van der Waals surface area contributed by atoms with Crippen LogP contribution in [0, 0.1) is 0 Å². The van der Waals surface area contributed by atoms with Crippen LogP contribution in [0.5, 0.6) is 0 Å². The number of esters is 3. The second kappa shape index (κ2) is 71.1. The molecule has 0 spiro atoms. The molecule has 0 aliphatic carbocycles. The summed E-state index contributed by atoms with van der Waals surface area (Å²) >= 11 is 0. The normalized spacial score (nSPS) is 12.6. The standard InChI is InChI=1S/C77H136O6/c1-4-7-10-13-16-19-22-25-28-31-33-35-37-38-40-41-43-46-49-52-55-58-61-64-67-70-76(79)82-73-74(72-81-75(78)69-66-63-60-57-54-51-48-45-30-27-24-21-18-15-12-9-6-3)83-77(80)71-68-65-62-59-56-53-50-47-44-42-39-36-34-32-29-26-23-20-17-14-11-8-5-2/h8-9,11-12,17-18,20-21,26-27,29-30,34,36,74H,4-7,10,13-16,19,22-25,28,31-33,35,37-73H2,1-3H3/b11-8-,12-9-,20-17-,21-18-,29-26-,30-27-,36-34-. The second-order valence-electron chi connectivity index (χ2n) is 24.1. The van der Waals surface area contributed by atoms with Crippen LogP contribution < -0.4 is 0 Å². The smallest absolute Gasteiger partial charge is 0.306 e. The minimum absolute atomic E-state index is 0.0779. The Morgan fingerprint density at radius 2 is 0.470 bits per heavy atom. The molecule has 0 aliphatic rings. The van der Waals surface area contributed by atoms with Gasteiger partial charge in [-0.15, -0.1) is 0 Å². The van der Waals surface area contributed by atoms with Crippen LogP contribution in [0.25, 0.3) is 0 Å². The molecule has 1 atom stereocenters. The third kappa shape index (κ3) is 69.3. The SMILES string of the molecule is CC/C=C\C/C=C\C/C=C\C/C=C\CCCCCCCCCCCCC(=O)OC(COC(=O)CCCCCCCCC/C=C\C/C=C\C/C=C\CC)COC(=O)CCCCCCCCCCCCCCCCCCCCCCCCCCC. The van der Waals surface area contributed by atoms with E-state index in [0.29, 0.717) is 19.3 Å². The highest BCUT2D eigenvalue weighted by Gasteiger charge is 2.19. The molecule has 0 radical (unpaired) electrons. The Balaban J connectivity index is 4.32. The summed E-state index contributed by atoms with van der Waals surface area (Å²) in [6.07, 6.45) is 94.7. The maximum Gasteiger partial charge on any atom is 0.306 e. The molecule has 0 aliphatic heterocycles. The summed E-state index contributed by atoms with van der Waals surface area (Å²) in [4.78, 5) is 38.5. The fraction of sp³-hybridized carbons (Fsp3) is 0.779. The molecule has 1 unspecified atom stereocenters. The Kier molecular flexibility index (Phi) is 68.2. The van der Waals surface area contributed by atoms with Gasteiger partial charge in [-0.3, -0.25) is 14.4 Å². The summed E-state index contributed by atoms with van der Waals surface area (Å²) in [7, 11) is 0. The Morgan fingerprint density at radius 1 is 0.253 bits per heavy atom. The van der Waals surface area contributed by atoms with E-state index >= 15 is 0 Å². The van der Waals surface area contributed by atoms with Crippen molar-refractivity contribution in [2.24, 2.45) is 0 Å². The van der Waals surface area contributed by atoms with Crippen LogP contribution in [0.2, 0.25) is 0 Å². The van der Waals surface area contributed by atoms with Gasteiger partial charge in [-0.1, -0.05) is 343 Å². The predicted molar refractivity (Wildman–Crippen MR) is 362 cm³/mol. The summed E-state index contributed by atoms with van der Waals surface area (Å²) in [6.45, 7) is 6.47. The Hall–Kier alpha value is -3.41. The lowest BCUT2D eigenvalue weighted by molar-refractivity contribution is -0.167. The molecule has 0 N–H and O–H groups in total. The van der Waals surface area contributed by atoms with E-state index in [9.17, 15) is 14.4 Å². The summed E-state index contributed by atoms with van der Waals surface area (Å²) < 4.78 is 17.0. The highest BCUT2D eigenvalue weighted by molar-refractivity contribution is 5.71. The summed E-state index contributed by atoms with van der Waals surface area (Å²) in [5.74, 6) is -0.871. The fourth-order valence-corrected chi connectivity index (χ4v) is 10.6. The van der Waals surface area contributed by atoms with Gasteiger partial charge in [0.2, 0.25) is 0 Å². The number of carbonyl (C=O) groups excluding carboxylic acids is 3. The number of unbranched alkanes of at least 4 members (excludes halogenated alkanes) is 41. The average Bonchev–Trinajstić information content (AvgIpc) is 3.49. The molecule has 0 bridgehead atoms. The van der Waals surface area contributed by atoms with Crippen molar-refractivity contribution >= 4 is 17.9 Å². The largest absolute Gasteiger partial charge is 0.462 e. The molecular weight excluding hydrogens is 1020 g/mol. The first-order valence-corrected chi connectivity index (χ1v) is 36.1. The lowest BCUT2D eigenvalue weighted by atomic mass is 10.0. The zero-order valence-electron chi connectivity index (χ0n) is 55.2. The van der Waals surface area contributed by atoms with Crippen molar-refractivity contribution in [1.29, 1.82) is 0 Å². The summed E-state index contributed by atoms with van der Waals surface area (Å²) in [6, 6.07) is 0. The van der Waals surface area contributed by atoms with Gasteiger partial charge in [0.25, 0.3) is 0 Å². The molecule has 0 heterocycles. The van der Waals surface area contributed by atoms with E-state index in [0.717, 1.165) is 109 Å². The number of carbonyl (C=O) groups is 3. The molecule has 0 rings (SSSR count). The zero-order chi connectivity index (χ0) is 59.9. The third-order valence-corrected chi connectivity index (χ3v) is 15.9. The quantitative estimate of drug-likeness (QED) is 0.0261. The lowest BCUT2D eigenvalue weighted by Crippen LogP contribution is -2.30. The number of ether oxygens (including phenoxy) is 3.